The zero-order valence-electron chi connectivity index (χ0n) is 9.31. The van der Waals surface area contributed by atoms with Crippen LogP contribution in [0.4, 0.5) is 0 Å². The van der Waals surface area contributed by atoms with E-state index in [9.17, 15) is 0 Å². The van der Waals surface area contributed by atoms with Gasteiger partial charge in [-0.15, -0.1) is 0 Å². The molecule has 0 fully saturated rings. The molecule has 0 N–H and O–H groups in total. The van der Waals surface area contributed by atoms with Crippen molar-refractivity contribution in [3.05, 3.63) is 0 Å². The van der Waals surface area contributed by atoms with E-state index in [1.165, 1.54) is 19.3 Å². The van der Waals surface area contributed by atoms with Gasteiger partial charge in [0.1, 0.15) is 0 Å². The van der Waals surface area contributed by atoms with Crippen molar-refractivity contribution in [1.82, 2.24) is 0 Å². The summed E-state index contributed by atoms with van der Waals surface area (Å²) in [5, 5.41) is 0. The predicted molar refractivity (Wildman–Crippen MR) is 54.4 cm³/mol. The van der Waals surface area contributed by atoms with Gasteiger partial charge in [0.2, 0.25) is 0 Å². The lowest BCUT2D eigenvalue weighted by Crippen LogP contribution is -2.25. The zero-order valence-corrected chi connectivity index (χ0v) is 9.31. The Bertz CT molecular complexity index is 104. The Morgan fingerprint density at radius 3 is 2.25 bits per heavy atom. The first kappa shape index (κ1) is 12.0. The summed E-state index contributed by atoms with van der Waals surface area (Å²) in [6.45, 7) is 8.94. The van der Waals surface area contributed by atoms with Crippen molar-refractivity contribution < 1.29 is 4.74 Å². The molecular weight excluding hydrogens is 148 g/mol. The summed E-state index contributed by atoms with van der Waals surface area (Å²) in [6.07, 6.45) is 4.91. The molecule has 0 radical (unpaired) electrons. The Kier molecular flexibility index (Phi) is 5.56. The van der Waals surface area contributed by atoms with E-state index >= 15 is 0 Å². The van der Waals surface area contributed by atoms with Gasteiger partial charge in [0.15, 0.2) is 0 Å². The molecule has 1 nitrogen and oxygen atoms in total. The van der Waals surface area contributed by atoms with E-state index < -0.39 is 0 Å². The number of hydrogen-bond donors (Lipinski definition) is 0. The third-order valence-electron chi connectivity index (χ3n) is 2.73. The summed E-state index contributed by atoms with van der Waals surface area (Å²) >= 11 is 0. The molecule has 0 saturated heterocycles. The first-order valence-electron chi connectivity index (χ1n) is 5.09. The molecule has 1 unspecified atom stereocenters. The molecule has 1 heteroatoms. The summed E-state index contributed by atoms with van der Waals surface area (Å²) < 4.78 is 5.47. The van der Waals surface area contributed by atoms with Crippen LogP contribution >= 0.6 is 0 Å². The molecule has 1 atom stereocenters. The Hall–Kier alpha value is -0.0400. The minimum absolute atomic E-state index is 0.120. The molecule has 0 aliphatic rings. The molecule has 0 saturated carbocycles. The van der Waals surface area contributed by atoms with Gasteiger partial charge in [0.05, 0.1) is 5.60 Å². The topological polar surface area (TPSA) is 9.23 Å². The summed E-state index contributed by atoms with van der Waals surface area (Å²) in [5.74, 6) is 0.822. The van der Waals surface area contributed by atoms with Crippen molar-refractivity contribution in [1.29, 1.82) is 0 Å². The molecule has 0 aromatic carbocycles. The van der Waals surface area contributed by atoms with Gasteiger partial charge in [0.25, 0.3) is 0 Å². The Labute approximate surface area is 77.5 Å². The standard InChI is InChI=1S/C11H24O/c1-6-11(4,12-5)9-7-8-10(2)3/h10H,6-9H2,1-5H3. The van der Waals surface area contributed by atoms with E-state index in [0.717, 1.165) is 12.3 Å². The van der Waals surface area contributed by atoms with Gasteiger partial charge in [-0.1, -0.05) is 33.6 Å². The number of rotatable bonds is 6. The second-order valence-corrected chi connectivity index (χ2v) is 4.29. The van der Waals surface area contributed by atoms with E-state index in [4.69, 9.17) is 4.74 Å². The lowest BCUT2D eigenvalue weighted by Gasteiger charge is -2.26. The fraction of sp³-hybridized carbons (Fsp3) is 1.00. The highest BCUT2D eigenvalue weighted by Crippen LogP contribution is 2.22. The highest BCUT2D eigenvalue weighted by atomic mass is 16.5. The van der Waals surface area contributed by atoms with Crippen LogP contribution in [0.15, 0.2) is 0 Å². The van der Waals surface area contributed by atoms with Gasteiger partial charge < -0.3 is 4.74 Å². The Morgan fingerprint density at radius 2 is 1.92 bits per heavy atom. The van der Waals surface area contributed by atoms with Crippen LogP contribution in [0, 0.1) is 5.92 Å². The van der Waals surface area contributed by atoms with Crippen molar-refractivity contribution in [2.45, 2.75) is 59.0 Å². The minimum Gasteiger partial charge on any atom is -0.379 e. The monoisotopic (exact) mass is 172 g/mol. The van der Waals surface area contributed by atoms with Crippen LogP contribution in [0.2, 0.25) is 0 Å². The average molecular weight is 172 g/mol. The van der Waals surface area contributed by atoms with Gasteiger partial charge in [-0.2, -0.15) is 0 Å². The second-order valence-electron chi connectivity index (χ2n) is 4.29. The number of methoxy groups -OCH3 is 1. The fourth-order valence-corrected chi connectivity index (χ4v) is 1.31. The number of ether oxygens (including phenoxy) is 1. The highest BCUT2D eigenvalue weighted by molar-refractivity contribution is 4.72. The summed E-state index contributed by atoms with van der Waals surface area (Å²) in [5.41, 5.74) is 0.120. The molecule has 0 aliphatic heterocycles. The van der Waals surface area contributed by atoms with Crippen LogP contribution in [0.5, 0.6) is 0 Å². The van der Waals surface area contributed by atoms with Crippen LogP contribution < -0.4 is 0 Å². The molecular formula is C11H24O. The highest BCUT2D eigenvalue weighted by Gasteiger charge is 2.19. The average Bonchev–Trinajstić information content (AvgIpc) is 2.03. The Balaban J connectivity index is 3.58. The first-order chi connectivity index (χ1) is 5.54. The molecule has 0 aromatic heterocycles. The van der Waals surface area contributed by atoms with Gasteiger partial charge in [-0.3, -0.25) is 0 Å². The molecule has 0 rings (SSSR count). The van der Waals surface area contributed by atoms with Crippen molar-refractivity contribution in [2.24, 2.45) is 5.92 Å². The van der Waals surface area contributed by atoms with Crippen LogP contribution in [0.3, 0.4) is 0 Å². The van der Waals surface area contributed by atoms with Crippen LogP contribution in [0.25, 0.3) is 0 Å². The van der Waals surface area contributed by atoms with Crippen molar-refractivity contribution in [2.75, 3.05) is 7.11 Å². The van der Waals surface area contributed by atoms with Crippen LogP contribution in [0.1, 0.15) is 53.4 Å². The van der Waals surface area contributed by atoms with Crippen molar-refractivity contribution >= 4 is 0 Å². The third-order valence-corrected chi connectivity index (χ3v) is 2.73. The van der Waals surface area contributed by atoms with E-state index in [1.807, 2.05) is 7.11 Å². The molecule has 0 aliphatic carbocycles. The maximum atomic E-state index is 5.47. The van der Waals surface area contributed by atoms with Gasteiger partial charge >= 0.3 is 0 Å². The second kappa shape index (κ2) is 5.58. The van der Waals surface area contributed by atoms with E-state index in [1.54, 1.807) is 0 Å². The predicted octanol–water partition coefficient (Wildman–Crippen LogP) is 3.63. The van der Waals surface area contributed by atoms with Gasteiger partial charge in [-0.25, -0.2) is 0 Å². The maximum absolute atomic E-state index is 5.47. The smallest absolute Gasteiger partial charge is 0.0648 e. The molecule has 0 aromatic rings. The summed E-state index contributed by atoms with van der Waals surface area (Å²) in [6, 6.07) is 0. The lowest BCUT2D eigenvalue weighted by molar-refractivity contribution is -0.00664. The largest absolute Gasteiger partial charge is 0.379 e. The Morgan fingerprint density at radius 1 is 1.33 bits per heavy atom. The van der Waals surface area contributed by atoms with Crippen molar-refractivity contribution in [3.8, 4) is 0 Å². The van der Waals surface area contributed by atoms with Gasteiger partial charge in [-0.05, 0) is 25.7 Å². The summed E-state index contributed by atoms with van der Waals surface area (Å²) in [7, 11) is 1.82. The minimum atomic E-state index is 0.120. The zero-order chi connectivity index (χ0) is 9.61. The first-order valence-corrected chi connectivity index (χ1v) is 5.09. The molecule has 0 bridgehead atoms. The lowest BCUT2D eigenvalue weighted by atomic mass is 9.93. The van der Waals surface area contributed by atoms with Crippen molar-refractivity contribution in [3.63, 3.8) is 0 Å². The quantitative estimate of drug-likeness (QED) is 0.594. The molecule has 74 valence electrons. The number of hydrogen-bond acceptors (Lipinski definition) is 1. The van der Waals surface area contributed by atoms with E-state index in [0.29, 0.717) is 0 Å². The molecule has 0 amide bonds. The third kappa shape index (κ3) is 4.76. The van der Waals surface area contributed by atoms with Crippen LogP contribution in [-0.2, 0) is 4.74 Å². The maximum Gasteiger partial charge on any atom is 0.0648 e. The van der Waals surface area contributed by atoms with Gasteiger partial charge in [0, 0.05) is 7.11 Å². The molecule has 0 heterocycles. The summed E-state index contributed by atoms with van der Waals surface area (Å²) in [4.78, 5) is 0. The normalized spacial score (nSPS) is 16.5. The molecule has 0 spiro atoms. The fourth-order valence-electron chi connectivity index (χ4n) is 1.31. The van der Waals surface area contributed by atoms with Crippen LogP contribution in [-0.4, -0.2) is 12.7 Å². The molecule has 12 heavy (non-hydrogen) atoms. The SMILES string of the molecule is CCC(C)(CCCC(C)C)OC. The van der Waals surface area contributed by atoms with E-state index in [-0.39, 0.29) is 5.60 Å². The van der Waals surface area contributed by atoms with E-state index in [2.05, 4.69) is 27.7 Å².